The highest BCUT2D eigenvalue weighted by Crippen LogP contribution is 2.28. The molecule has 0 N–H and O–H groups in total. The molecular formula is C28H24F4N2O2. The van der Waals surface area contributed by atoms with Crippen LogP contribution < -0.4 is 10.9 Å². The Morgan fingerprint density at radius 1 is 0.528 bits per heavy atom. The van der Waals surface area contributed by atoms with E-state index in [0.29, 0.717) is 37.0 Å². The molecule has 36 heavy (non-hydrogen) atoms. The zero-order valence-corrected chi connectivity index (χ0v) is 19.9. The Labute approximate surface area is 203 Å². The van der Waals surface area contributed by atoms with E-state index >= 15 is 0 Å². The van der Waals surface area contributed by atoms with Crippen molar-refractivity contribution in [2.24, 2.45) is 0 Å². The van der Waals surface area contributed by atoms with Gasteiger partial charge in [0, 0.05) is 46.8 Å². The summed E-state index contributed by atoms with van der Waals surface area (Å²) in [6.07, 6.45) is 3.03. The second-order valence-corrected chi connectivity index (χ2v) is 9.12. The van der Waals surface area contributed by atoms with Crippen molar-refractivity contribution in [3.8, 4) is 0 Å². The molecule has 3 aromatic carbocycles. The van der Waals surface area contributed by atoms with E-state index in [-0.39, 0.29) is 32.6 Å². The minimum Gasteiger partial charge on any atom is -0.340 e. The van der Waals surface area contributed by atoms with Crippen molar-refractivity contribution in [1.29, 1.82) is 0 Å². The van der Waals surface area contributed by atoms with E-state index < -0.39 is 34.1 Å². The van der Waals surface area contributed by atoms with Gasteiger partial charge in [-0.3, -0.25) is 9.59 Å². The first-order valence-corrected chi connectivity index (χ1v) is 12.1. The Morgan fingerprint density at radius 3 is 1.19 bits per heavy atom. The zero-order valence-electron chi connectivity index (χ0n) is 19.9. The van der Waals surface area contributed by atoms with Gasteiger partial charge in [0.2, 0.25) is 0 Å². The monoisotopic (exact) mass is 496 g/mol. The summed E-state index contributed by atoms with van der Waals surface area (Å²) in [6, 6.07) is 6.94. The van der Waals surface area contributed by atoms with Gasteiger partial charge in [0.1, 0.15) is 0 Å². The summed E-state index contributed by atoms with van der Waals surface area (Å²) in [7, 11) is 0. The molecule has 5 aromatic rings. The van der Waals surface area contributed by atoms with Crippen molar-refractivity contribution in [2.75, 3.05) is 0 Å². The average Bonchev–Trinajstić information content (AvgIpc) is 2.86. The third-order valence-electron chi connectivity index (χ3n) is 6.80. The number of benzene rings is 3. The molecule has 8 heteroatoms. The van der Waals surface area contributed by atoms with Crippen molar-refractivity contribution in [2.45, 2.75) is 52.6 Å². The smallest absolute Gasteiger partial charge is 0.197 e. The lowest BCUT2D eigenvalue weighted by molar-refractivity contribution is 0.510. The molecule has 0 saturated carbocycles. The van der Waals surface area contributed by atoms with E-state index in [1.54, 1.807) is 21.3 Å². The number of rotatable bonds is 6. The molecule has 186 valence electrons. The summed E-state index contributed by atoms with van der Waals surface area (Å²) in [5.74, 6) is -4.38. The molecule has 0 spiro atoms. The Kier molecular flexibility index (Phi) is 6.06. The van der Waals surface area contributed by atoms with Crippen molar-refractivity contribution in [3.63, 3.8) is 0 Å². The third-order valence-corrected chi connectivity index (χ3v) is 6.80. The van der Waals surface area contributed by atoms with Gasteiger partial charge in [0.25, 0.3) is 0 Å². The summed E-state index contributed by atoms with van der Waals surface area (Å²) >= 11 is 0. The highest BCUT2D eigenvalue weighted by Gasteiger charge is 2.19. The number of hydrogen-bond donors (Lipinski definition) is 0. The first-order chi connectivity index (χ1) is 17.3. The lowest BCUT2D eigenvalue weighted by Crippen LogP contribution is -2.16. The van der Waals surface area contributed by atoms with Gasteiger partial charge < -0.3 is 9.13 Å². The lowest BCUT2D eigenvalue weighted by Gasteiger charge is -2.19. The number of unbranched alkanes of at least 4 members (excludes halogenated alkanes) is 2. The van der Waals surface area contributed by atoms with E-state index in [9.17, 15) is 27.2 Å². The first kappa shape index (κ1) is 24.0. The van der Waals surface area contributed by atoms with Crippen LogP contribution in [-0.2, 0) is 13.1 Å². The molecule has 0 fully saturated rings. The number of fused-ring (bicyclic) bond motifs is 4. The number of nitrogens with zero attached hydrogens (tertiary/aromatic N) is 2. The van der Waals surface area contributed by atoms with Crippen molar-refractivity contribution >= 4 is 43.6 Å². The van der Waals surface area contributed by atoms with Crippen LogP contribution in [0, 0.1) is 23.3 Å². The number of aromatic nitrogens is 2. The van der Waals surface area contributed by atoms with Crippen LogP contribution in [0.1, 0.15) is 39.5 Å². The molecule has 0 radical (unpaired) electrons. The topological polar surface area (TPSA) is 44.0 Å². The quantitative estimate of drug-likeness (QED) is 0.192. The van der Waals surface area contributed by atoms with Crippen LogP contribution in [0.15, 0.2) is 46.0 Å². The Balaban J connectivity index is 2.02. The lowest BCUT2D eigenvalue weighted by atomic mass is 10.0. The van der Waals surface area contributed by atoms with E-state index in [1.165, 1.54) is 0 Å². The molecule has 0 aliphatic rings. The van der Waals surface area contributed by atoms with Crippen LogP contribution in [0.2, 0.25) is 0 Å². The SMILES string of the molecule is CCCCn1c2cc(F)c(F)cc2c(=O)c2cc3c(cc21)c(=O)c1cc(F)c(F)cc1n3CCCC. The number of hydrogen-bond acceptors (Lipinski definition) is 2. The predicted molar refractivity (Wildman–Crippen MR) is 135 cm³/mol. The van der Waals surface area contributed by atoms with Gasteiger partial charge >= 0.3 is 0 Å². The van der Waals surface area contributed by atoms with E-state index in [0.717, 1.165) is 37.1 Å². The van der Waals surface area contributed by atoms with Gasteiger partial charge in [-0.25, -0.2) is 17.6 Å². The van der Waals surface area contributed by atoms with Crippen LogP contribution in [0.4, 0.5) is 17.6 Å². The van der Waals surface area contributed by atoms with Crippen molar-refractivity contribution < 1.29 is 17.6 Å². The summed E-state index contributed by atoms with van der Waals surface area (Å²) in [5.41, 5.74) is 0.293. The largest absolute Gasteiger partial charge is 0.340 e. The molecule has 2 heterocycles. The molecule has 0 unspecified atom stereocenters. The summed E-state index contributed by atoms with van der Waals surface area (Å²) in [4.78, 5) is 27.0. The molecule has 0 aliphatic heterocycles. The van der Waals surface area contributed by atoms with Gasteiger partial charge in [-0.2, -0.15) is 0 Å². The Hall–Kier alpha value is -3.68. The van der Waals surface area contributed by atoms with E-state index in [4.69, 9.17) is 0 Å². The third kappa shape index (κ3) is 3.67. The van der Waals surface area contributed by atoms with Crippen LogP contribution in [0.3, 0.4) is 0 Å². The summed E-state index contributed by atoms with van der Waals surface area (Å²) in [6.45, 7) is 4.79. The fraction of sp³-hybridized carbons (Fsp3) is 0.286. The van der Waals surface area contributed by atoms with E-state index in [2.05, 4.69) is 0 Å². The van der Waals surface area contributed by atoms with Gasteiger partial charge in [-0.05, 0) is 37.1 Å². The second kappa shape index (κ2) is 9.08. The van der Waals surface area contributed by atoms with Gasteiger partial charge in [-0.1, -0.05) is 26.7 Å². The van der Waals surface area contributed by atoms with Gasteiger partial charge in [-0.15, -0.1) is 0 Å². The normalized spacial score (nSPS) is 11.9. The maximum atomic E-state index is 14.2. The van der Waals surface area contributed by atoms with Crippen molar-refractivity contribution in [1.82, 2.24) is 9.13 Å². The maximum absolute atomic E-state index is 14.2. The molecule has 0 bridgehead atoms. The number of halogens is 4. The molecule has 5 rings (SSSR count). The number of aryl methyl sites for hydroxylation is 2. The first-order valence-electron chi connectivity index (χ1n) is 12.1. The standard InChI is InChI=1S/C28H24F4N2O2/c1-3-5-7-33-23-11-18-24(12-17(23)27(35)15-9-19(29)21(31)13-25(15)33)34(8-6-4-2)26-14-22(32)20(30)10-16(26)28(18)36/h9-14H,3-8H2,1-2H3. The average molecular weight is 497 g/mol. The maximum Gasteiger partial charge on any atom is 0.197 e. The molecule has 0 atom stereocenters. The second-order valence-electron chi connectivity index (χ2n) is 9.12. The zero-order chi connectivity index (χ0) is 25.7. The molecule has 4 nitrogen and oxygen atoms in total. The van der Waals surface area contributed by atoms with Crippen LogP contribution >= 0.6 is 0 Å². The fourth-order valence-electron chi connectivity index (χ4n) is 4.93. The predicted octanol–water partition coefficient (Wildman–Crippen LogP) is 6.78. The van der Waals surface area contributed by atoms with Crippen LogP contribution in [0.25, 0.3) is 43.6 Å². The minimum absolute atomic E-state index is 0.0354. The molecule has 0 amide bonds. The summed E-state index contributed by atoms with van der Waals surface area (Å²) < 4.78 is 60.1. The highest BCUT2D eigenvalue weighted by molar-refractivity contribution is 6.03. The molecule has 0 saturated heterocycles. The number of pyridine rings is 2. The summed E-state index contributed by atoms with van der Waals surface area (Å²) in [5, 5.41) is 0.550. The fourth-order valence-corrected chi connectivity index (χ4v) is 4.93. The molecule has 2 aromatic heterocycles. The van der Waals surface area contributed by atoms with Crippen LogP contribution in [-0.4, -0.2) is 9.13 Å². The highest BCUT2D eigenvalue weighted by atomic mass is 19.2. The van der Waals surface area contributed by atoms with Crippen molar-refractivity contribution in [3.05, 3.63) is 80.1 Å². The Morgan fingerprint density at radius 2 is 0.833 bits per heavy atom. The van der Waals surface area contributed by atoms with Crippen LogP contribution in [0.5, 0.6) is 0 Å². The minimum atomic E-state index is -1.12. The van der Waals surface area contributed by atoms with Gasteiger partial charge in [0.05, 0.1) is 22.1 Å². The van der Waals surface area contributed by atoms with E-state index in [1.807, 2.05) is 13.8 Å². The van der Waals surface area contributed by atoms with Gasteiger partial charge in [0.15, 0.2) is 34.1 Å². The molecular weight excluding hydrogens is 472 g/mol. The molecule has 0 aliphatic carbocycles. The Bertz CT molecular complexity index is 1670.